The van der Waals surface area contributed by atoms with E-state index in [2.05, 4.69) is 39.4 Å². The van der Waals surface area contributed by atoms with E-state index in [-0.39, 0.29) is 18.1 Å². The molecule has 4 aromatic rings. The number of aromatic amines is 1. The number of aromatic nitrogens is 4. The summed E-state index contributed by atoms with van der Waals surface area (Å²) in [6.45, 7) is 1.99. The minimum absolute atomic E-state index is 0.0301. The van der Waals surface area contributed by atoms with Crippen molar-refractivity contribution in [2.75, 3.05) is 35.7 Å². The first-order valence-electron chi connectivity index (χ1n) is 13.8. The summed E-state index contributed by atoms with van der Waals surface area (Å²) < 4.78 is 24.9. The van der Waals surface area contributed by atoms with E-state index in [4.69, 9.17) is 15.7 Å². The summed E-state index contributed by atoms with van der Waals surface area (Å²) in [7, 11) is -3.36. The predicted molar refractivity (Wildman–Crippen MR) is 153 cm³/mol. The van der Waals surface area contributed by atoms with Gasteiger partial charge in [0.05, 0.1) is 11.5 Å². The first kappa shape index (κ1) is 25.4. The first-order valence-corrected chi connectivity index (χ1v) is 15.7. The Morgan fingerprint density at radius 3 is 2.62 bits per heavy atom. The van der Waals surface area contributed by atoms with Crippen molar-refractivity contribution >= 4 is 38.3 Å². The zero-order valence-electron chi connectivity index (χ0n) is 22.5. The predicted octanol–water partition coefficient (Wildman–Crippen LogP) is 3.18. The summed E-state index contributed by atoms with van der Waals surface area (Å²) in [6, 6.07) is 13.9. The molecule has 1 aliphatic carbocycles. The maximum Gasteiger partial charge on any atom is 0.183 e. The molecule has 0 unspecified atom stereocenters. The number of hydrogen-bond acceptors (Lipinski definition) is 9. The van der Waals surface area contributed by atoms with Crippen LogP contribution in [0.25, 0.3) is 11.2 Å². The van der Waals surface area contributed by atoms with Gasteiger partial charge in [0.2, 0.25) is 0 Å². The number of aliphatic hydroxyl groups is 1. The molecule has 0 radical (unpaired) electrons. The molecule has 4 heterocycles. The SMILES string of the molecule is CS(=O)(=O)c1cccc2c1CCCN2c1n[nH]c2nc(N3CCC4(CC3)Cc3ccccc3[C@H]4N)c(CO)nc12. The molecule has 11 heteroatoms. The van der Waals surface area contributed by atoms with E-state index in [1.165, 1.54) is 17.4 Å². The fourth-order valence-corrected chi connectivity index (χ4v) is 8.01. The molecule has 4 N–H and O–H groups in total. The highest BCUT2D eigenvalue weighted by Gasteiger charge is 2.46. The van der Waals surface area contributed by atoms with E-state index >= 15 is 0 Å². The molecular formula is C29H33N7O3S. The molecule has 40 heavy (non-hydrogen) atoms. The van der Waals surface area contributed by atoms with Crippen LogP contribution in [0.1, 0.15) is 47.7 Å². The van der Waals surface area contributed by atoms with Gasteiger partial charge in [0.15, 0.2) is 32.6 Å². The molecule has 1 spiro atoms. The second-order valence-corrected chi connectivity index (χ2v) is 13.4. The molecule has 1 atom stereocenters. The topological polar surface area (TPSA) is 141 Å². The van der Waals surface area contributed by atoms with Crippen molar-refractivity contribution in [1.82, 2.24) is 20.2 Å². The largest absolute Gasteiger partial charge is 0.390 e. The van der Waals surface area contributed by atoms with Crippen LogP contribution >= 0.6 is 0 Å². The molecule has 7 rings (SSSR count). The third-order valence-electron chi connectivity index (χ3n) is 9.09. The van der Waals surface area contributed by atoms with Crippen LogP contribution in [0.5, 0.6) is 0 Å². The third-order valence-corrected chi connectivity index (χ3v) is 10.3. The fourth-order valence-electron chi connectivity index (χ4n) is 7.03. The van der Waals surface area contributed by atoms with Crippen LogP contribution in [0.15, 0.2) is 47.4 Å². The molecule has 1 saturated heterocycles. The monoisotopic (exact) mass is 559 g/mol. The van der Waals surface area contributed by atoms with Gasteiger partial charge >= 0.3 is 0 Å². The molecule has 2 aliphatic heterocycles. The minimum atomic E-state index is -3.36. The van der Waals surface area contributed by atoms with Gasteiger partial charge in [-0.3, -0.25) is 5.10 Å². The van der Waals surface area contributed by atoms with Crippen LogP contribution < -0.4 is 15.5 Å². The van der Waals surface area contributed by atoms with E-state index in [1.807, 2.05) is 11.0 Å². The average molecular weight is 560 g/mol. The quantitative estimate of drug-likeness (QED) is 0.344. The van der Waals surface area contributed by atoms with Gasteiger partial charge in [-0.15, -0.1) is 0 Å². The van der Waals surface area contributed by atoms with Crippen molar-refractivity contribution < 1.29 is 13.5 Å². The summed E-state index contributed by atoms with van der Waals surface area (Å²) >= 11 is 0. The Labute approximate surface area is 233 Å². The number of nitrogens with two attached hydrogens (primary N) is 1. The van der Waals surface area contributed by atoms with E-state index in [1.54, 1.807) is 12.1 Å². The molecule has 0 saturated carbocycles. The first-order chi connectivity index (χ1) is 19.3. The second kappa shape index (κ2) is 9.25. The van der Waals surface area contributed by atoms with Crippen LogP contribution in [0.4, 0.5) is 17.3 Å². The van der Waals surface area contributed by atoms with Gasteiger partial charge < -0.3 is 20.6 Å². The van der Waals surface area contributed by atoms with Gasteiger partial charge in [0.25, 0.3) is 0 Å². The number of sulfone groups is 1. The van der Waals surface area contributed by atoms with Crippen LogP contribution in [-0.2, 0) is 29.3 Å². The Balaban J connectivity index is 1.20. The molecular weight excluding hydrogens is 526 g/mol. The smallest absolute Gasteiger partial charge is 0.183 e. The number of nitrogens with zero attached hydrogens (tertiary/aromatic N) is 5. The van der Waals surface area contributed by atoms with Gasteiger partial charge in [0, 0.05) is 37.6 Å². The lowest BCUT2D eigenvalue weighted by Crippen LogP contribution is -2.45. The Morgan fingerprint density at radius 2 is 1.88 bits per heavy atom. The summed E-state index contributed by atoms with van der Waals surface area (Å²) in [5, 5.41) is 18.0. The molecule has 0 bridgehead atoms. The van der Waals surface area contributed by atoms with E-state index in [0.717, 1.165) is 50.0 Å². The molecule has 208 valence electrons. The van der Waals surface area contributed by atoms with Gasteiger partial charge in [-0.05, 0) is 66.3 Å². The highest BCUT2D eigenvalue weighted by atomic mass is 32.2. The third kappa shape index (κ3) is 3.90. The van der Waals surface area contributed by atoms with Crippen molar-refractivity contribution in [2.24, 2.45) is 11.1 Å². The maximum absolute atomic E-state index is 12.4. The lowest BCUT2D eigenvalue weighted by Gasteiger charge is -2.42. The highest BCUT2D eigenvalue weighted by molar-refractivity contribution is 7.90. The van der Waals surface area contributed by atoms with Crippen molar-refractivity contribution in [2.45, 2.75) is 49.6 Å². The van der Waals surface area contributed by atoms with E-state index in [9.17, 15) is 13.5 Å². The second-order valence-electron chi connectivity index (χ2n) is 11.4. The normalized spacial score (nSPS) is 20.2. The van der Waals surface area contributed by atoms with Crippen molar-refractivity contribution in [1.29, 1.82) is 0 Å². The van der Waals surface area contributed by atoms with Crippen molar-refractivity contribution in [3.8, 4) is 0 Å². The molecule has 1 fully saturated rings. The Morgan fingerprint density at radius 1 is 1.07 bits per heavy atom. The van der Waals surface area contributed by atoms with Crippen molar-refractivity contribution in [3.63, 3.8) is 0 Å². The Hall–Kier alpha value is -3.54. The number of rotatable bonds is 4. The lowest BCUT2D eigenvalue weighted by atomic mass is 9.73. The number of hydrogen-bond donors (Lipinski definition) is 3. The number of piperidine rings is 1. The number of aliphatic hydroxyl groups excluding tert-OH is 1. The number of benzene rings is 2. The highest BCUT2D eigenvalue weighted by Crippen LogP contribution is 2.51. The number of H-pyrrole nitrogens is 1. The van der Waals surface area contributed by atoms with Gasteiger partial charge in [-0.25, -0.2) is 18.4 Å². The van der Waals surface area contributed by atoms with Crippen LogP contribution in [0.3, 0.4) is 0 Å². The van der Waals surface area contributed by atoms with Gasteiger partial charge in [-0.1, -0.05) is 30.3 Å². The molecule has 2 aromatic carbocycles. The molecule has 2 aromatic heterocycles. The Bertz CT molecular complexity index is 1730. The number of anilines is 3. The number of fused-ring (bicyclic) bond motifs is 3. The minimum Gasteiger partial charge on any atom is -0.390 e. The van der Waals surface area contributed by atoms with Gasteiger partial charge in [-0.2, -0.15) is 5.10 Å². The summed E-state index contributed by atoms with van der Waals surface area (Å²) in [6.07, 6.45) is 5.59. The zero-order valence-corrected chi connectivity index (χ0v) is 23.3. The van der Waals surface area contributed by atoms with E-state index in [0.29, 0.717) is 46.4 Å². The fraction of sp³-hybridized carbons (Fsp3) is 0.414. The standard InChI is InChI=1S/C29H33N7O3S/c1-40(38,39)23-10-4-9-22-20(23)8-5-13-36(22)28-24-26(33-34-28)32-27(21(17-37)31-24)35-14-11-29(12-15-35)16-18-6-2-3-7-19(18)25(29)30/h2-4,6-7,9-10,25,37H,5,8,11-17,30H2,1H3,(H,32,33,34)/t25-/m1/s1. The summed E-state index contributed by atoms with van der Waals surface area (Å²) in [5.74, 6) is 1.25. The van der Waals surface area contributed by atoms with Crippen LogP contribution in [0.2, 0.25) is 0 Å². The molecule has 10 nitrogen and oxygen atoms in total. The maximum atomic E-state index is 12.4. The lowest BCUT2D eigenvalue weighted by molar-refractivity contribution is 0.187. The van der Waals surface area contributed by atoms with Crippen LogP contribution in [0, 0.1) is 5.41 Å². The van der Waals surface area contributed by atoms with Gasteiger partial charge in [0.1, 0.15) is 5.69 Å². The zero-order chi connectivity index (χ0) is 27.6. The molecule has 3 aliphatic rings. The number of nitrogens with one attached hydrogen (secondary N) is 1. The van der Waals surface area contributed by atoms with Crippen LogP contribution in [-0.4, -0.2) is 59.6 Å². The Kier molecular flexibility index (Phi) is 5.88. The van der Waals surface area contributed by atoms with Crippen molar-refractivity contribution in [3.05, 3.63) is 64.8 Å². The molecule has 0 amide bonds. The van der Waals surface area contributed by atoms with E-state index < -0.39 is 9.84 Å². The summed E-state index contributed by atoms with van der Waals surface area (Å²) in [4.78, 5) is 14.3. The average Bonchev–Trinajstić information content (AvgIpc) is 3.49. The summed E-state index contributed by atoms with van der Waals surface area (Å²) in [5.41, 5.74) is 12.7.